The summed E-state index contributed by atoms with van der Waals surface area (Å²) in [5, 5.41) is 22.5. The van der Waals surface area contributed by atoms with E-state index in [1.165, 1.54) is 16.7 Å². The first-order valence-corrected chi connectivity index (χ1v) is 16.0. The van der Waals surface area contributed by atoms with Gasteiger partial charge in [0.25, 0.3) is 0 Å². The van der Waals surface area contributed by atoms with Gasteiger partial charge in [-0.3, -0.25) is 0 Å². The van der Waals surface area contributed by atoms with Crippen molar-refractivity contribution in [3.63, 3.8) is 0 Å². The third-order valence-corrected chi connectivity index (χ3v) is 10.5. The van der Waals surface area contributed by atoms with Gasteiger partial charge in [-0.15, -0.1) is 0 Å². The standard InChI is InChI=1S/C38H42N2O6.ClH/c1-39(2)15-13-25-20-33(43-5)34-22-28(25)29(39)17-23-7-10-27(11-8-23)45-38-36-26(21-35(44-6)37(38)42)14-16-40(3,4)30(36)18-24-9-12-31(41)32(19-24)46-34;/h7-12,19-22,29-30H,13-18H2,1-6H3;1H/p+1. The summed E-state index contributed by atoms with van der Waals surface area (Å²) in [6, 6.07) is 20.1. The summed E-state index contributed by atoms with van der Waals surface area (Å²) in [5.74, 6) is 3.18. The fraction of sp³-hybridized carbons (Fsp3) is 0.368. The van der Waals surface area contributed by atoms with Crippen molar-refractivity contribution in [3.8, 4) is 46.0 Å². The van der Waals surface area contributed by atoms with E-state index in [4.69, 9.17) is 18.9 Å². The Kier molecular flexibility index (Phi) is 8.49. The number of rotatable bonds is 2. The number of likely N-dealkylation sites (N-methyl/N-ethyl adjacent to an activating group) is 2. The fourth-order valence-corrected chi connectivity index (χ4v) is 7.61. The molecule has 4 aromatic rings. The van der Waals surface area contributed by atoms with Crippen LogP contribution in [0.5, 0.6) is 46.0 Å². The highest BCUT2D eigenvalue weighted by Gasteiger charge is 2.41. The maximum atomic E-state index is 11.5. The Bertz CT molecular complexity index is 1820. The Balaban J connectivity index is 0.00000386. The van der Waals surface area contributed by atoms with Crippen molar-refractivity contribution in [1.29, 1.82) is 0 Å². The molecule has 248 valence electrons. The van der Waals surface area contributed by atoms with Crippen molar-refractivity contribution in [1.82, 2.24) is 0 Å². The molecule has 9 heteroatoms. The van der Waals surface area contributed by atoms with Gasteiger partial charge in [0, 0.05) is 31.2 Å². The number of hydrogen-bond acceptors (Lipinski definition) is 6. The van der Waals surface area contributed by atoms with E-state index >= 15 is 0 Å². The van der Waals surface area contributed by atoms with Crippen LogP contribution in [0.4, 0.5) is 0 Å². The van der Waals surface area contributed by atoms with Gasteiger partial charge in [0.05, 0.1) is 61.1 Å². The minimum absolute atomic E-state index is 0. The number of quaternary nitrogens is 2. The van der Waals surface area contributed by atoms with Crippen LogP contribution in [-0.2, 0) is 25.7 Å². The van der Waals surface area contributed by atoms with Gasteiger partial charge in [-0.1, -0.05) is 18.2 Å². The van der Waals surface area contributed by atoms with Crippen molar-refractivity contribution >= 4 is 0 Å². The van der Waals surface area contributed by atoms with Crippen molar-refractivity contribution in [2.24, 2.45) is 0 Å². The van der Waals surface area contributed by atoms with Gasteiger partial charge in [0.1, 0.15) is 17.8 Å². The zero-order chi connectivity index (χ0) is 32.4. The van der Waals surface area contributed by atoms with Crippen LogP contribution in [0.15, 0.2) is 60.7 Å². The summed E-state index contributed by atoms with van der Waals surface area (Å²) in [4.78, 5) is 0. The summed E-state index contributed by atoms with van der Waals surface area (Å²) in [5.41, 5.74) is 6.74. The molecular weight excluding hydrogens is 616 g/mol. The van der Waals surface area contributed by atoms with E-state index < -0.39 is 0 Å². The van der Waals surface area contributed by atoms with E-state index in [2.05, 4.69) is 52.5 Å². The van der Waals surface area contributed by atoms with E-state index in [0.29, 0.717) is 45.4 Å². The third-order valence-electron chi connectivity index (χ3n) is 10.5. The summed E-state index contributed by atoms with van der Waals surface area (Å²) in [6.45, 7) is 1.91. The van der Waals surface area contributed by atoms with Gasteiger partial charge in [-0.25, -0.2) is 0 Å². The number of fused-ring (bicyclic) bond motifs is 2. The topological polar surface area (TPSA) is 77.4 Å². The first kappa shape index (κ1) is 32.8. The lowest BCUT2D eigenvalue weighted by Crippen LogP contribution is -3.00. The number of ether oxygens (including phenoxy) is 4. The molecule has 47 heavy (non-hydrogen) atoms. The molecule has 0 aromatic heterocycles. The van der Waals surface area contributed by atoms with Crippen LogP contribution in [0, 0.1) is 0 Å². The van der Waals surface area contributed by atoms with Gasteiger partial charge < -0.3 is 50.5 Å². The highest BCUT2D eigenvalue weighted by molar-refractivity contribution is 5.61. The number of nitrogens with zero attached hydrogens (tertiary/aromatic N) is 2. The Morgan fingerprint density at radius 3 is 2.00 bits per heavy atom. The average Bonchev–Trinajstić information content (AvgIpc) is 3.03. The Morgan fingerprint density at radius 2 is 1.30 bits per heavy atom. The molecule has 0 saturated heterocycles. The predicted molar refractivity (Wildman–Crippen MR) is 177 cm³/mol. The maximum Gasteiger partial charge on any atom is 0.201 e. The Hall–Kier alpha value is -4.11. The molecule has 0 saturated carbocycles. The summed E-state index contributed by atoms with van der Waals surface area (Å²) < 4.78 is 26.1. The Labute approximate surface area is 283 Å². The molecule has 0 fully saturated rings. The zero-order valence-corrected chi connectivity index (χ0v) is 28.7. The van der Waals surface area contributed by atoms with Gasteiger partial charge >= 0.3 is 0 Å². The quantitative estimate of drug-likeness (QED) is 0.319. The predicted octanol–water partition coefficient (Wildman–Crippen LogP) is 3.85. The second-order valence-corrected chi connectivity index (χ2v) is 14.1. The van der Waals surface area contributed by atoms with Crippen LogP contribution in [0.1, 0.15) is 45.5 Å². The average molecular weight is 660 g/mol. The van der Waals surface area contributed by atoms with Gasteiger partial charge in [-0.2, -0.15) is 0 Å². The largest absolute Gasteiger partial charge is 1.00 e. The van der Waals surface area contributed by atoms with Crippen LogP contribution in [0.25, 0.3) is 0 Å². The molecule has 0 radical (unpaired) electrons. The molecule has 4 aliphatic heterocycles. The van der Waals surface area contributed by atoms with Crippen molar-refractivity contribution in [2.45, 2.75) is 37.8 Å². The molecule has 2 unspecified atom stereocenters. The number of benzene rings is 4. The van der Waals surface area contributed by atoms with E-state index in [9.17, 15) is 10.2 Å². The summed E-state index contributed by atoms with van der Waals surface area (Å²) in [6.07, 6.45) is 3.21. The van der Waals surface area contributed by atoms with Crippen LogP contribution >= 0.6 is 0 Å². The van der Waals surface area contributed by atoms with Crippen LogP contribution in [0.2, 0.25) is 0 Å². The van der Waals surface area contributed by atoms with Crippen molar-refractivity contribution < 1.29 is 50.5 Å². The van der Waals surface area contributed by atoms with Crippen molar-refractivity contribution in [3.05, 3.63) is 94.0 Å². The molecule has 4 aromatic carbocycles. The zero-order valence-electron chi connectivity index (χ0n) is 28.0. The van der Waals surface area contributed by atoms with Gasteiger partial charge in [0.2, 0.25) is 5.75 Å². The monoisotopic (exact) mass is 659 g/mol. The number of phenolic OH excluding ortho intramolecular Hbond substituents is 2. The smallest absolute Gasteiger partial charge is 0.201 e. The van der Waals surface area contributed by atoms with E-state index in [0.717, 1.165) is 53.5 Å². The lowest BCUT2D eigenvalue weighted by molar-refractivity contribution is -0.923. The number of phenols is 2. The highest BCUT2D eigenvalue weighted by Crippen LogP contribution is 2.51. The van der Waals surface area contributed by atoms with E-state index in [-0.39, 0.29) is 36.0 Å². The second-order valence-electron chi connectivity index (χ2n) is 14.1. The van der Waals surface area contributed by atoms with Gasteiger partial charge in [0.15, 0.2) is 34.5 Å². The third kappa shape index (κ3) is 5.83. The van der Waals surface area contributed by atoms with Crippen LogP contribution < -0.4 is 31.4 Å². The van der Waals surface area contributed by atoms with Crippen LogP contribution in [-0.4, -0.2) is 74.7 Å². The lowest BCUT2D eigenvalue weighted by atomic mass is 9.85. The van der Waals surface area contributed by atoms with E-state index in [1.54, 1.807) is 20.3 Å². The number of methoxy groups -OCH3 is 2. The molecule has 0 amide bonds. The first-order chi connectivity index (χ1) is 22.0. The summed E-state index contributed by atoms with van der Waals surface area (Å²) >= 11 is 0. The minimum atomic E-state index is -0.0508. The molecule has 2 atom stereocenters. The maximum absolute atomic E-state index is 11.5. The molecule has 2 N–H and O–H groups in total. The van der Waals surface area contributed by atoms with Crippen molar-refractivity contribution in [2.75, 3.05) is 55.5 Å². The van der Waals surface area contributed by atoms with E-state index in [1.807, 2.05) is 30.3 Å². The fourth-order valence-electron chi connectivity index (χ4n) is 7.61. The first-order valence-electron chi connectivity index (χ1n) is 16.0. The molecule has 4 heterocycles. The molecule has 4 aliphatic rings. The number of aromatic hydroxyl groups is 2. The number of halogens is 1. The minimum Gasteiger partial charge on any atom is -1.00 e. The Morgan fingerprint density at radius 1 is 0.681 bits per heavy atom. The molecule has 0 aliphatic carbocycles. The normalized spacial score (nSPS) is 20.3. The molecule has 8 rings (SSSR count). The molecule has 6 bridgehead atoms. The molecular formula is C38H44ClN2O6+. The molecule has 8 nitrogen and oxygen atoms in total. The second kappa shape index (κ2) is 12.2. The number of hydrogen-bond donors (Lipinski definition) is 2. The SMILES string of the molecule is COc1cc2c3cc1Oc1cc(ccc1O)CC1c4c(cc(OC)c(O)c4Oc4ccc(cc4)CC3[N+](C)(C)CC2)CC[N+]1(C)C.[Cl-]. The summed E-state index contributed by atoms with van der Waals surface area (Å²) in [7, 11) is 12.2. The highest BCUT2D eigenvalue weighted by atomic mass is 35.5. The van der Waals surface area contributed by atoms with Crippen LogP contribution in [0.3, 0.4) is 0 Å². The van der Waals surface area contributed by atoms with Gasteiger partial charge in [-0.05, 0) is 64.7 Å². The lowest BCUT2D eigenvalue weighted by Gasteiger charge is -2.43. The molecule has 0 spiro atoms.